The zero-order valence-electron chi connectivity index (χ0n) is 13.4. The van der Waals surface area contributed by atoms with Crippen LogP contribution in [0.4, 0.5) is 4.39 Å². The van der Waals surface area contributed by atoms with Crippen LogP contribution in [0.15, 0.2) is 11.0 Å². The van der Waals surface area contributed by atoms with Gasteiger partial charge in [-0.05, 0) is 0 Å². The van der Waals surface area contributed by atoms with Gasteiger partial charge in [0.15, 0.2) is 6.23 Å². The number of alkyl halides is 1. The first-order valence-corrected chi connectivity index (χ1v) is 10.4. The van der Waals surface area contributed by atoms with Gasteiger partial charge >= 0.3 is 21.3 Å². The average molecular weight is 462 g/mol. The van der Waals surface area contributed by atoms with Crippen molar-refractivity contribution in [2.24, 2.45) is 0 Å². The number of nitrogens with one attached hydrogen (secondary N) is 1. The molecule has 13 nitrogen and oxygen atoms in total. The van der Waals surface area contributed by atoms with Crippen molar-refractivity contribution in [1.29, 1.82) is 0 Å². The highest BCUT2D eigenvalue weighted by atomic mass is 32.1. The summed E-state index contributed by atoms with van der Waals surface area (Å²) in [5, 5.41) is 19.9. The van der Waals surface area contributed by atoms with Gasteiger partial charge in [-0.2, -0.15) is 4.31 Å². The Labute approximate surface area is 160 Å². The number of terminal acetylenes is 1. The number of hydrogen-bond acceptors (Lipinski definition) is 9. The van der Waals surface area contributed by atoms with Crippen LogP contribution in [-0.4, -0.2) is 59.1 Å². The van der Waals surface area contributed by atoms with Crippen LogP contribution in [0, 0.1) is 17.0 Å². The van der Waals surface area contributed by atoms with Crippen molar-refractivity contribution in [2.45, 2.75) is 24.3 Å². The van der Waals surface area contributed by atoms with Gasteiger partial charge in [0.2, 0.25) is 0 Å². The molecule has 1 aliphatic rings. The van der Waals surface area contributed by atoms with Crippen molar-refractivity contribution in [3.63, 3.8) is 0 Å². The summed E-state index contributed by atoms with van der Waals surface area (Å²) in [6.45, 7) is -1.60. The summed E-state index contributed by atoms with van der Waals surface area (Å²) in [5.74, 6) is -1.25. The zero-order valence-corrected chi connectivity index (χ0v) is 16.0. The summed E-state index contributed by atoms with van der Waals surface area (Å²) in [4.78, 5) is 40.3. The van der Waals surface area contributed by atoms with Gasteiger partial charge in [-0.1, -0.05) is 18.1 Å². The number of rotatable bonds is 6. The number of hydrogen-bond donors (Lipinski definition) is 6. The van der Waals surface area contributed by atoms with Crippen LogP contribution in [0.5, 0.6) is 0 Å². The molecule has 0 aromatic carbocycles. The van der Waals surface area contributed by atoms with Crippen LogP contribution >= 0.6 is 27.9 Å². The number of aliphatic hydroxyl groups is 2. The monoisotopic (exact) mass is 462 g/mol. The minimum atomic E-state index is -5.47. The molecule has 1 fully saturated rings. The lowest BCUT2D eigenvalue weighted by atomic mass is 10.1. The third-order valence-electron chi connectivity index (χ3n) is 3.41. The largest absolute Gasteiger partial charge is 0.481 e. The topological polar surface area (TPSA) is 201 Å². The maximum Gasteiger partial charge on any atom is 0.481 e. The Hall–Kier alpha value is -1.27. The molecule has 156 valence electrons. The molecule has 1 unspecified atom stereocenters. The maximum atomic E-state index is 14.8. The molecule has 0 spiro atoms. The zero-order chi connectivity index (χ0) is 21.5. The van der Waals surface area contributed by atoms with Gasteiger partial charge in [0.25, 0.3) is 5.85 Å². The maximum absolute atomic E-state index is 14.8. The van der Waals surface area contributed by atoms with E-state index in [-0.39, 0.29) is 10.2 Å². The Morgan fingerprint density at radius 3 is 2.57 bits per heavy atom. The van der Waals surface area contributed by atoms with E-state index in [0.29, 0.717) is 4.57 Å². The van der Waals surface area contributed by atoms with E-state index in [1.165, 1.54) is 0 Å². The van der Waals surface area contributed by atoms with Crippen molar-refractivity contribution < 1.29 is 52.0 Å². The third-order valence-corrected chi connectivity index (χ3v) is 5.86. The van der Waals surface area contributed by atoms with E-state index in [9.17, 15) is 28.5 Å². The van der Waals surface area contributed by atoms with E-state index in [4.69, 9.17) is 38.1 Å². The number of phosphoric ester groups is 1. The van der Waals surface area contributed by atoms with E-state index in [0.717, 1.165) is 6.20 Å². The molecule has 0 saturated carbocycles. The fourth-order valence-corrected chi connectivity index (χ4v) is 4.00. The van der Waals surface area contributed by atoms with Gasteiger partial charge < -0.3 is 29.6 Å². The van der Waals surface area contributed by atoms with Gasteiger partial charge in [-0.15, -0.1) is 6.42 Å². The summed E-state index contributed by atoms with van der Waals surface area (Å²) >= 11 is 4.80. The average Bonchev–Trinajstić information content (AvgIpc) is 2.76. The Balaban J connectivity index is 2.28. The molecule has 0 amide bonds. The van der Waals surface area contributed by atoms with E-state index in [2.05, 4.69) is 19.7 Å². The summed E-state index contributed by atoms with van der Waals surface area (Å²) in [5.41, 5.74) is -1.01. The van der Waals surface area contributed by atoms with Gasteiger partial charge in [-0.25, -0.2) is 18.3 Å². The summed E-state index contributed by atoms with van der Waals surface area (Å²) in [6.07, 6.45) is -0.211. The number of nitrogens with zero attached hydrogens (tertiary/aromatic N) is 1. The number of aliphatic hydroxyl groups excluding tert-OH is 2. The summed E-state index contributed by atoms with van der Waals surface area (Å²) < 4.78 is 49.6. The predicted octanol–water partition coefficient (Wildman–Crippen LogP) is -0.970. The van der Waals surface area contributed by atoms with Gasteiger partial charge in [0, 0.05) is 6.20 Å². The fourth-order valence-electron chi connectivity index (χ4n) is 2.20. The number of H-pyrrole nitrogens is 1. The van der Waals surface area contributed by atoms with Crippen LogP contribution in [0.2, 0.25) is 0 Å². The molecule has 0 radical (unpaired) electrons. The molecule has 0 bridgehead atoms. The molecule has 2 rings (SSSR count). The van der Waals surface area contributed by atoms with Crippen LogP contribution in [0.25, 0.3) is 0 Å². The number of ether oxygens (including phenoxy) is 1. The SMILES string of the molecule is C#Cc1cn([C@@H]2O[C@](F)(COP(=O)(O)OP(=O)(O)O)[C@@H](O)[C@H]2O)c(=O)[nH]c1=S. The Bertz CT molecular complexity index is 1020. The Kier molecular flexibility index (Phi) is 6.46. The highest BCUT2D eigenvalue weighted by Gasteiger charge is 2.57. The number of halogens is 1. The lowest BCUT2D eigenvalue weighted by Crippen LogP contribution is -2.43. The first-order chi connectivity index (χ1) is 12.7. The van der Waals surface area contributed by atoms with Crippen LogP contribution < -0.4 is 5.69 Å². The molecule has 17 heteroatoms. The first-order valence-electron chi connectivity index (χ1n) is 6.98. The fraction of sp³-hybridized carbons (Fsp3) is 0.455. The second-order valence-corrected chi connectivity index (χ2v) is 8.64. The molecular weight excluding hydrogens is 449 g/mol. The molecular formula is C11H13FN2O11P2S. The highest BCUT2D eigenvalue weighted by Crippen LogP contribution is 2.58. The standard InChI is InChI=1S/C11H13FN2O11P2S/c1-2-5-3-14(10(17)13-8(5)28)9-6(15)7(16)11(12,24-9)4-23-27(21,22)25-26(18,19)20/h1,3,6-7,9,15-16H,4H2,(H,21,22)(H,13,17,28)(H2,18,19,20)/t6-,7+,9-,11-/m1/s1. The van der Waals surface area contributed by atoms with Crippen molar-refractivity contribution >= 4 is 27.9 Å². The highest BCUT2D eigenvalue weighted by molar-refractivity contribution is 7.71. The van der Waals surface area contributed by atoms with E-state index in [1.807, 2.05) is 0 Å². The molecule has 1 saturated heterocycles. The van der Waals surface area contributed by atoms with Crippen LogP contribution in [0.1, 0.15) is 11.8 Å². The molecule has 28 heavy (non-hydrogen) atoms. The van der Waals surface area contributed by atoms with E-state index in [1.54, 1.807) is 0 Å². The second-order valence-electron chi connectivity index (χ2n) is 5.40. The van der Waals surface area contributed by atoms with Crippen molar-refractivity contribution in [2.75, 3.05) is 6.61 Å². The first kappa shape index (κ1) is 23.0. The molecule has 5 atom stereocenters. The smallest absolute Gasteiger partial charge is 0.385 e. The predicted molar refractivity (Wildman–Crippen MR) is 88.7 cm³/mol. The number of aromatic amines is 1. The van der Waals surface area contributed by atoms with E-state index >= 15 is 0 Å². The van der Waals surface area contributed by atoms with Crippen molar-refractivity contribution in [1.82, 2.24) is 9.55 Å². The van der Waals surface area contributed by atoms with Gasteiger partial charge in [-0.3, -0.25) is 14.1 Å². The minimum absolute atomic E-state index is 0.0256. The van der Waals surface area contributed by atoms with Crippen molar-refractivity contribution in [3.05, 3.63) is 26.9 Å². The number of phosphoric acid groups is 2. The van der Waals surface area contributed by atoms with Crippen molar-refractivity contribution in [3.8, 4) is 12.3 Å². The van der Waals surface area contributed by atoms with Gasteiger partial charge in [0.05, 0.1) is 5.56 Å². The molecule has 1 aliphatic heterocycles. The Morgan fingerprint density at radius 2 is 2.04 bits per heavy atom. The lowest BCUT2D eigenvalue weighted by molar-refractivity contribution is -0.204. The normalized spacial score (nSPS) is 30.0. The molecule has 0 aliphatic carbocycles. The second kappa shape index (κ2) is 7.86. The molecule has 6 N–H and O–H groups in total. The Morgan fingerprint density at radius 1 is 1.43 bits per heavy atom. The third kappa shape index (κ3) is 5.01. The minimum Gasteiger partial charge on any atom is -0.385 e. The van der Waals surface area contributed by atoms with Crippen LogP contribution in [0.3, 0.4) is 0 Å². The summed E-state index contributed by atoms with van der Waals surface area (Å²) in [6, 6.07) is 0. The lowest BCUT2D eigenvalue weighted by Gasteiger charge is -2.23. The van der Waals surface area contributed by atoms with E-state index < -0.39 is 52.2 Å². The molecule has 1 aromatic heterocycles. The number of aromatic nitrogens is 2. The quantitative estimate of drug-likeness (QED) is 0.172. The van der Waals surface area contributed by atoms with Gasteiger partial charge in [0.1, 0.15) is 23.5 Å². The molecule has 1 aromatic rings. The van der Waals surface area contributed by atoms with Crippen LogP contribution in [-0.2, 0) is 22.7 Å². The summed E-state index contributed by atoms with van der Waals surface area (Å²) in [7, 11) is -10.9. The molecule has 2 heterocycles.